The average Bonchev–Trinajstić information content (AvgIpc) is 2.65. The smallest absolute Gasteiger partial charge is 0.213 e. The van der Waals surface area contributed by atoms with Crippen LogP contribution in [-0.2, 0) is 0 Å². The molecule has 2 aromatic heterocycles. The van der Waals surface area contributed by atoms with E-state index in [1.54, 1.807) is 12.4 Å². The van der Waals surface area contributed by atoms with Crippen molar-refractivity contribution in [2.75, 3.05) is 5.43 Å². The number of nitrogens with zero attached hydrogens (tertiary/aromatic N) is 2. The van der Waals surface area contributed by atoms with Gasteiger partial charge in [-0.05, 0) is 42.8 Å². The van der Waals surface area contributed by atoms with Crippen LogP contribution in [0.15, 0.2) is 72.6 Å². The maximum Gasteiger partial charge on any atom is 0.213 e. The van der Waals surface area contributed by atoms with E-state index in [0.29, 0.717) is 17.1 Å². The highest BCUT2D eigenvalue weighted by Crippen LogP contribution is 2.26. The number of carbonyl (C=O) groups is 1. The number of hydrogen-bond donors (Lipinski definition) is 2. The molecule has 3 aromatic rings. The zero-order valence-electron chi connectivity index (χ0n) is 13.7. The van der Waals surface area contributed by atoms with E-state index in [0.717, 1.165) is 22.0 Å². The highest BCUT2D eigenvalue weighted by atomic mass is 16.1. The van der Waals surface area contributed by atoms with Crippen molar-refractivity contribution in [1.82, 2.24) is 15.4 Å². The molecular formula is C20H16N4O. The molecule has 5 nitrogen and oxygen atoms in total. The number of benzene rings is 1. The number of allylic oxidation sites excluding steroid dienone is 3. The highest BCUT2D eigenvalue weighted by molar-refractivity contribution is 6.15. The third kappa shape index (κ3) is 2.87. The first-order valence-electron chi connectivity index (χ1n) is 7.98. The number of carbonyl (C=O) groups excluding carboxylic acids is 1. The molecule has 0 saturated carbocycles. The minimum atomic E-state index is -0.0954. The second kappa shape index (κ2) is 6.20. The Morgan fingerprint density at radius 2 is 1.92 bits per heavy atom. The second-order valence-electron chi connectivity index (χ2n) is 5.81. The van der Waals surface area contributed by atoms with Gasteiger partial charge < -0.3 is 5.43 Å². The molecule has 5 heteroatoms. The van der Waals surface area contributed by atoms with Gasteiger partial charge in [0.15, 0.2) is 0 Å². The summed E-state index contributed by atoms with van der Waals surface area (Å²) in [5.74, 6) is 0.583. The molecule has 1 aliphatic carbocycles. The number of Topliss-reactive ketones (excluding diaryl/α,β-unsaturated/α-hetero) is 1. The SMILES string of the molecule is CC1=C/C(=C/NNc2ccc3ccccc3n2)C(=O)c2ncccc21. The van der Waals surface area contributed by atoms with Gasteiger partial charge in [-0.25, -0.2) is 4.98 Å². The fourth-order valence-electron chi connectivity index (χ4n) is 2.85. The lowest BCUT2D eigenvalue weighted by Gasteiger charge is -2.15. The van der Waals surface area contributed by atoms with Crippen molar-refractivity contribution in [3.05, 3.63) is 83.8 Å². The van der Waals surface area contributed by atoms with Crippen LogP contribution in [0.25, 0.3) is 16.5 Å². The Kier molecular flexibility index (Phi) is 3.74. The molecule has 0 fully saturated rings. The minimum Gasteiger partial charge on any atom is -0.306 e. The number of pyridine rings is 2. The van der Waals surface area contributed by atoms with Crippen LogP contribution in [-0.4, -0.2) is 15.8 Å². The number of nitrogens with one attached hydrogen (secondary N) is 2. The first-order chi connectivity index (χ1) is 12.2. The number of para-hydroxylation sites is 1. The monoisotopic (exact) mass is 328 g/mol. The predicted octanol–water partition coefficient (Wildman–Crippen LogP) is 3.73. The van der Waals surface area contributed by atoms with Crippen LogP contribution < -0.4 is 10.9 Å². The van der Waals surface area contributed by atoms with E-state index in [4.69, 9.17) is 0 Å². The standard InChI is InChI=1S/C20H16N4O/c1-13-11-15(20(25)19-16(13)6-4-10-21-19)12-22-24-18-9-8-14-5-2-3-7-17(14)23-18/h2-12,22H,1H3,(H,23,24)/b15-12-. The van der Waals surface area contributed by atoms with Gasteiger partial charge in [0.2, 0.25) is 5.78 Å². The normalized spacial score (nSPS) is 15.0. The van der Waals surface area contributed by atoms with Crippen molar-refractivity contribution in [3.8, 4) is 0 Å². The van der Waals surface area contributed by atoms with Gasteiger partial charge in [-0.2, -0.15) is 0 Å². The van der Waals surface area contributed by atoms with Crippen LogP contribution in [0.1, 0.15) is 23.0 Å². The number of ketones is 1. The van der Waals surface area contributed by atoms with E-state index in [9.17, 15) is 4.79 Å². The summed E-state index contributed by atoms with van der Waals surface area (Å²) < 4.78 is 0. The molecule has 0 radical (unpaired) electrons. The molecule has 4 rings (SSSR count). The summed E-state index contributed by atoms with van der Waals surface area (Å²) >= 11 is 0. The molecule has 2 N–H and O–H groups in total. The molecule has 0 bridgehead atoms. The van der Waals surface area contributed by atoms with E-state index in [2.05, 4.69) is 20.8 Å². The third-order valence-corrected chi connectivity index (χ3v) is 4.11. The number of aromatic nitrogens is 2. The quantitative estimate of drug-likeness (QED) is 0.566. The number of hydrazine groups is 1. The van der Waals surface area contributed by atoms with Gasteiger partial charge in [0, 0.05) is 28.9 Å². The summed E-state index contributed by atoms with van der Waals surface area (Å²) in [6.07, 6.45) is 5.13. The van der Waals surface area contributed by atoms with Crippen LogP contribution in [0.3, 0.4) is 0 Å². The van der Waals surface area contributed by atoms with Gasteiger partial charge in [0.05, 0.1) is 5.52 Å². The van der Waals surface area contributed by atoms with E-state index < -0.39 is 0 Å². The topological polar surface area (TPSA) is 66.9 Å². The summed E-state index contributed by atoms with van der Waals surface area (Å²) in [4.78, 5) is 21.2. The van der Waals surface area contributed by atoms with E-state index in [-0.39, 0.29) is 5.78 Å². The van der Waals surface area contributed by atoms with Crippen molar-refractivity contribution in [1.29, 1.82) is 0 Å². The zero-order valence-corrected chi connectivity index (χ0v) is 13.7. The van der Waals surface area contributed by atoms with Gasteiger partial charge in [0.1, 0.15) is 11.5 Å². The number of rotatable bonds is 3. The lowest BCUT2D eigenvalue weighted by atomic mass is 9.92. The van der Waals surface area contributed by atoms with Crippen LogP contribution in [0.5, 0.6) is 0 Å². The summed E-state index contributed by atoms with van der Waals surface area (Å²) in [5, 5.41) is 1.08. The van der Waals surface area contributed by atoms with Crippen LogP contribution >= 0.6 is 0 Å². The van der Waals surface area contributed by atoms with Gasteiger partial charge in [-0.1, -0.05) is 24.3 Å². The Balaban J connectivity index is 1.54. The van der Waals surface area contributed by atoms with Crippen LogP contribution in [0.4, 0.5) is 5.82 Å². The van der Waals surface area contributed by atoms with Crippen molar-refractivity contribution < 1.29 is 4.79 Å². The molecule has 0 aliphatic heterocycles. The van der Waals surface area contributed by atoms with Gasteiger partial charge in [-0.3, -0.25) is 15.2 Å². The number of anilines is 1. The Labute approximate surface area is 145 Å². The van der Waals surface area contributed by atoms with E-state index in [1.807, 2.05) is 61.5 Å². The van der Waals surface area contributed by atoms with Crippen molar-refractivity contribution in [2.24, 2.45) is 0 Å². The Morgan fingerprint density at radius 1 is 1.04 bits per heavy atom. The summed E-state index contributed by atoms with van der Waals surface area (Å²) in [5.41, 5.74) is 9.80. The molecule has 0 amide bonds. The number of hydrogen-bond acceptors (Lipinski definition) is 5. The van der Waals surface area contributed by atoms with Gasteiger partial charge in [0.25, 0.3) is 0 Å². The summed E-state index contributed by atoms with van der Waals surface area (Å²) in [6.45, 7) is 1.97. The molecule has 1 aromatic carbocycles. The van der Waals surface area contributed by atoms with Crippen molar-refractivity contribution >= 4 is 28.1 Å². The fraction of sp³-hybridized carbons (Fsp3) is 0.0500. The second-order valence-corrected chi connectivity index (χ2v) is 5.81. The fourth-order valence-corrected chi connectivity index (χ4v) is 2.85. The molecule has 0 spiro atoms. The molecular weight excluding hydrogens is 312 g/mol. The van der Waals surface area contributed by atoms with Crippen molar-refractivity contribution in [2.45, 2.75) is 6.92 Å². The van der Waals surface area contributed by atoms with E-state index in [1.165, 1.54) is 0 Å². The molecule has 0 atom stereocenters. The Morgan fingerprint density at radius 3 is 2.84 bits per heavy atom. The molecule has 25 heavy (non-hydrogen) atoms. The molecule has 1 aliphatic rings. The molecule has 2 heterocycles. The van der Waals surface area contributed by atoms with Gasteiger partial charge >= 0.3 is 0 Å². The predicted molar refractivity (Wildman–Crippen MR) is 98.8 cm³/mol. The first kappa shape index (κ1) is 15.1. The maximum atomic E-state index is 12.5. The lowest BCUT2D eigenvalue weighted by Crippen LogP contribution is -2.20. The third-order valence-electron chi connectivity index (χ3n) is 4.11. The van der Waals surface area contributed by atoms with Crippen molar-refractivity contribution in [3.63, 3.8) is 0 Å². The lowest BCUT2D eigenvalue weighted by molar-refractivity contribution is 0.103. The first-order valence-corrected chi connectivity index (χ1v) is 7.98. The molecule has 0 unspecified atom stereocenters. The Bertz CT molecular complexity index is 1040. The highest BCUT2D eigenvalue weighted by Gasteiger charge is 2.21. The summed E-state index contributed by atoms with van der Waals surface area (Å²) in [6, 6.07) is 15.5. The van der Waals surface area contributed by atoms with Crippen LogP contribution in [0, 0.1) is 0 Å². The maximum absolute atomic E-state index is 12.5. The number of fused-ring (bicyclic) bond motifs is 2. The average molecular weight is 328 g/mol. The zero-order chi connectivity index (χ0) is 17.2. The van der Waals surface area contributed by atoms with Gasteiger partial charge in [-0.15, -0.1) is 0 Å². The minimum absolute atomic E-state index is 0.0954. The molecule has 0 saturated heterocycles. The summed E-state index contributed by atoms with van der Waals surface area (Å²) in [7, 11) is 0. The largest absolute Gasteiger partial charge is 0.306 e. The molecule has 122 valence electrons. The Hall–Kier alpha value is -3.47. The van der Waals surface area contributed by atoms with Crippen LogP contribution in [0.2, 0.25) is 0 Å². The van der Waals surface area contributed by atoms with E-state index >= 15 is 0 Å².